The molecule has 1 aliphatic heterocycles. The van der Waals surface area contributed by atoms with Crippen LogP contribution >= 0.6 is 23.4 Å². The lowest BCUT2D eigenvalue weighted by atomic mass is 10.2. The molecule has 0 radical (unpaired) electrons. The summed E-state index contributed by atoms with van der Waals surface area (Å²) in [5.41, 5.74) is 1.68. The van der Waals surface area contributed by atoms with Crippen LogP contribution in [0.4, 0.5) is 5.69 Å². The van der Waals surface area contributed by atoms with E-state index in [0.29, 0.717) is 36.1 Å². The van der Waals surface area contributed by atoms with E-state index in [0.717, 1.165) is 11.4 Å². The molecule has 0 bridgehead atoms. The van der Waals surface area contributed by atoms with E-state index in [-0.39, 0.29) is 28.2 Å². The lowest BCUT2D eigenvalue weighted by Crippen LogP contribution is -2.30. The summed E-state index contributed by atoms with van der Waals surface area (Å²) in [6.45, 7) is 2.37. The Balaban J connectivity index is 1.31. The van der Waals surface area contributed by atoms with Crippen LogP contribution in [0.5, 0.6) is 5.75 Å². The minimum absolute atomic E-state index is 0.0697. The number of nitrogens with one attached hydrogen (secondary N) is 2. The van der Waals surface area contributed by atoms with Crippen LogP contribution in [0.2, 0.25) is 5.02 Å². The molecule has 2 aromatic carbocycles. The van der Waals surface area contributed by atoms with Crippen LogP contribution in [0.25, 0.3) is 0 Å². The largest absolute Gasteiger partial charge is 0.482 e. The fraction of sp³-hybridized carbons (Fsp3) is 0.286. The third-order valence-electron chi connectivity index (χ3n) is 4.93. The number of aromatic nitrogens is 3. The van der Waals surface area contributed by atoms with E-state index >= 15 is 0 Å². The molecular formula is C21H22ClN5O4S2. The van der Waals surface area contributed by atoms with Crippen molar-refractivity contribution in [1.82, 2.24) is 20.5 Å². The summed E-state index contributed by atoms with van der Waals surface area (Å²) in [5.74, 6) is 1.26. The number of sulfonamides is 1. The molecule has 3 aromatic rings. The summed E-state index contributed by atoms with van der Waals surface area (Å²) in [7, 11) is -3.76. The van der Waals surface area contributed by atoms with Gasteiger partial charge in [-0.15, -0.1) is 5.10 Å². The van der Waals surface area contributed by atoms with Gasteiger partial charge >= 0.3 is 0 Å². The Bertz CT molecular complexity index is 1270. The molecule has 2 heterocycles. The average molecular weight is 508 g/mol. The number of H-pyrrole nitrogens is 1. The van der Waals surface area contributed by atoms with Gasteiger partial charge in [0, 0.05) is 18.8 Å². The number of para-hydroxylation sites is 1. The minimum atomic E-state index is -3.76. The topological polar surface area (TPSA) is 117 Å². The van der Waals surface area contributed by atoms with E-state index < -0.39 is 10.0 Å². The highest BCUT2D eigenvalue weighted by molar-refractivity contribution is 7.99. The van der Waals surface area contributed by atoms with Crippen molar-refractivity contribution in [2.24, 2.45) is 0 Å². The summed E-state index contributed by atoms with van der Waals surface area (Å²) in [6, 6.07) is 11.7. The highest BCUT2D eigenvalue weighted by Crippen LogP contribution is 2.35. The van der Waals surface area contributed by atoms with Gasteiger partial charge in [-0.2, -0.15) is 0 Å². The first-order chi connectivity index (χ1) is 15.8. The Morgan fingerprint density at radius 2 is 2.12 bits per heavy atom. The number of aromatic amines is 1. The van der Waals surface area contributed by atoms with Crippen molar-refractivity contribution in [3.05, 3.63) is 58.9 Å². The van der Waals surface area contributed by atoms with Crippen molar-refractivity contribution < 1.29 is 17.9 Å². The molecule has 4 rings (SSSR count). The van der Waals surface area contributed by atoms with Gasteiger partial charge in [-0.3, -0.25) is 14.2 Å². The number of amides is 1. The van der Waals surface area contributed by atoms with Crippen molar-refractivity contribution in [3.8, 4) is 5.75 Å². The highest BCUT2D eigenvalue weighted by Gasteiger charge is 2.31. The van der Waals surface area contributed by atoms with Crippen molar-refractivity contribution in [3.63, 3.8) is 0 Å². The predicted molar refractivity (Wildman–Crippen MR) is 126 cm³/mol. The van der Waals surface area contributed by atoms with Gasteiger partial charge in [0.25, 0.3) is 15.9 Å². The SMILES string of the molecule is Cc1nc(SCCNC(=O)COc2ccc(S(=O)(=O)N3CCc4ccccc43)cc2Cl)n[nH]1. The zero-order valence-corrected chi connectivity index (χ0v) is 20.1. The summed E-state index contributed by atoms with van der Waals surface area (Å²) in [6.07, 6.45) is 0.663. The van der Waals surface area contributed by atoms with Crippen LogP contribution in [-0.2, 0) is 21.2 Å². The molecule has 174 valence electrons. The first kappa shape index (κ1) is 23.4. The Morgan fingerprint density at radius 1 is 1.30 bits per heavy atom. The fourth-order valence-electron chi connectivity index (χ4n) is 3.36. The third kappa shape index (κ3) is 5.43. The van der Waals surface area contributed by atoms with Crippen LogP contribution in [0.1, 0.15) is 11.4 Å². The van der Waals surface area contributed by atoms with Gasteiger partial charge in [-0.05, 0) is 43.2 Å². The third-order valence-corrected chi connectivity index (χ3v) is 7.88. The standard InChI is InChI=1S/C21H22ClN5O4S2/c1-14-24-21(26-25-14)32-11-9-23-20(28)13-31-19-7-6-16(12-17(19)22)33(29,30)27-10-8-15-4-2-3-5-18(15)27/h2-7,12H,8-11,13H2,1H3,(H,23,28)(H,24,25,26). The zero-order chi connectivity index (χ0) is 23.4. The number of nitrogens with zero attached hydrogens (tertiary/aromatic N) is 3. The van der Waals surface area contributed by atoms with Gasteiger partial charge in [-0.1, -0.05) is 41.6 Å². The number of thioether (sulfide) groups is 1. The van der Waals surface area contributed by atoms with Crippen molar-refractivity contribution in [2.75, 3.05) is 29.8 Å². The molecule has 1 amide bonds. The molecule has 0 aliphatic carbocycles. The lowest BCUT2D eigenvalue weighted by Gasteiger charge is -2.20. The molecule has 0 fully saturated rings. The maximum absolute atomic E-state index is 13.1. The highest BCUT2D eigenvalue weighted by atomic mass is 35.5. The number of carbonyl (C=O) groups excluding carboxylic acids is 1. The van der Waals surface area contributed by atoms with E-state index in [1.165, 1.54) is 34.3 Å². The first-order valence-electron chi connectivity index (χ1n) is 10.2. The summed E-state index contributed by atoms with van der Waals surface area (Å²) in [5, 5.41) is 10.2. The molecule has 1 aromatic heterocycles. The molecule has 0 saturated carbocycles. The van der Waals surface area contributed by atoms with Gasteiger partial charge in [0.15, 0.2) is 6.61 Å². The Labute approximate surface area is 200 Å². The summed E-state index contributed by atoms with van der Waals surface area (Å²) in [4.78, 5) is 16.3. The Kier molecular flexibility index (Phi) is 7.11. The van der Waals surface area contributed by atoms with Crippen molar-refractivity contribution in [1.29, 1.82) is 0 Å². The second kappa shape index (κ2) is 10.0. The first-order valence-corrected chi connectivity index (χ1v) is 13.0. The van der Waals surface area contributed by atoms with Gasteiger partial charge in [0.1, 0.15) is 11.6 Å². The quantitative estimate of drug-likeness (QED) is 0.338. The Hall–Kier alpha value is -2.76. The number of fused-ring (bicyclic) bond motifs is 1. The number of anilines is 1. The van der Waals surface area contributed by atoms with Gasteiger partial charge < -0.3 is 10.1 Å². The molecule has 1 aliphatic rings. The van der Waals surface area contributed by atoms with E-state index in [9.17, 15) is 13.2 Å². The van der Waals surface area contributed by atoms with Crippen LogP contribution in [0.15, 0.2) is 52.5 Å². The van der Waals surface area contributed by atoms with E-state index in [1.54, 1.807) is 6.07 Å². The molecule has 0 spiro atoms. The monoisotopic (exact) mass is 507 g/mol. The van der Waals surface area contributed by atoms with Crippen LogP contribution in [-0.4, -0.2) is 55.0 Å². The van der Waals surface area contributed by atoms with E-state index in [2.05, 4.69) is 20.5 Å². The summed E-state index contributed by atoms with van der Waals surface area (Å²) < 4.78 is 33.1. The second-order valence-corrected chi connectivity index (χ2v) is 10.6. The number of hydrogen-bond acceptors (Lipinski definition) is 7. The van der Waals surface area contributed by atoms with Crippen molar-refractivity contribution >= 4 is 45.0 Å². The zero-order valence-electron chi connectivity index (χ0n) is 17.7. The lowest BCUT2D eigenvalue weighted by molar-refractivity contribution is -0.122. The second-order valence-electron chi connectivity index (χ2n) is 7.24. The minimum Gasteiger partial charge on any atom is -0.482 e. The predicted octanol–water partition coefficient (Wildman–Crippen LogP) is 2.81. The maximum atomic E-state index is 13.1. The van der Waals surface area contributed by atoms with E-state index in [4.69, 9.17) is 16.3 Å². The molecule has 0 saturated heterocycles. The molecule has 2 N–H and O–H groups in total. The number of carbonyl (C=O) groups is 1. The number of hydrogen-bond donors (Lipinski definition) is 2. The number of aryl methyl sites for hydroxylation is 1. The van der Waals surface area contributed by atoms with Crippen LogP contribution in [0.3, 0.4) is 0 Å². The molecule has 0 atom stereocenters. The normalized spacial score (nSPS) is 13.1. The van der Waals surface area contributed by atoms with Crippen molar-refractivity contribution in [2.45, 2.75) is 23.4 Å². The molecule has 12 heteroatoms. The summed E-state index contributed by atoms with van der Waals surface area (Å²) >= 11 is 7.68. The van der Waals surface area contributed by atoms with Gasteiger partial charge in [0.05, 0.1) is 15.6 Å². The molecular weight excluding hydrogens is 486 g/mol. The maximum Gasteiger partial charge on any atom is 0.264 e. The van der Waals surface area contributed by atoms with Gasteiger partial charge in [-0.25, -0.2) is 13.4 Å². The van der Waals surface area contributed by atoms with Gasteiger partial charge in [0.2, 0.25) is 5.16 Å². The number of benzene rings is 2. The molecule has 9 nitrogen and oxygen atoms in total. The average Bonchev–Trinajstić information content (AvgIpc) is 3.42. The van der Waals surface area contributed by atoms with Crippen LogP contribution in [0, 0.1) is 6.92 Å². The smallest absolute Gasteiger partial charge is 0.264 e. The number of ether oxygens (including phenoxy) is 1. The molecule has 0 unspecified atom stereocenters. The number of halogens is 1. The molecule has 33 heavy (non-hydrogen) atoms. The Morgan fingerprint density at radius 3 is 2.88 bits per heavy atom. The number of rotatable bonds is 9. The van der Waals surface area contributed by atoms with Crippen LogP contribution < -0.4 is 14.4 Å². The fourth-order valence-corrected chi connectivity index (χ4v) is 5.89. The van der Waals surface area contributed by atoms with E-state index in [1.807, 2.05) is 25.1 Å².